The second kappa shape index (κ2) is 7.05. The van der Waals surface area contributed by atoms with Gasteiger partial charge in [-0.25, -0.2) is 0 Å². The fourth-order valence-corrected chi connectivity index (χ4v) is 5.43. The molecule has 1 heterocycles. The molecule has 0 radical (unpaired) electrons. The topological polar surface area (TPSA) is 42.0 Å². The number of fused-ring (bicyclic) bond motifs is 1. The van der Waals surface area contributed by atoms with E-state index in [2.05, 4.69) is 40.6 Å². The molecule has 3 aromatic rings. The number of hydrogen-bond acceptors (Lipinski definition) is 2. The zero-order chi connectivity index (χ0) is 19.0. The summed E-state index contributed by atoms with van der Waals surface area (Å²) in [6.45, 7) is 0. The summed E-state index contributed by atoms with van der Waals surface area (Å²) in [7, 11) is 0. The molecule has 2 aromatic carbocycles. The molecule has 2 aliphatic rings. The highest BCUT2D eigenvalue weighted by atomic mass is 16.2. The van der Waals surface area contributed by atoms with Gasteiger partial charge in [0.25, 0.3) is 0 Å². The van der Waals surface area contributed by atoms with Crippen molar-refractivity contribution in [1.82, 2.24) is 4.98 Å². The molecule has 2 saturated carbocycles. The Bertz CT molecular complexity index is 984. The molecule has 0 bridgehead atoms. The van der Waals surface area contributed by atoms with Gasteiger partial charge in [-0.3, -0.25) is 9.78 Å². The van der Waals surface area contributed by atoms with E-state index < -0.39 is 0 Å². The number of hydrogen-bond donors (Lipinski definition) is 1. The molecule has 1 aromatic heterocycles. The van der Waals surface area contributed by atoms with E-state index in [1.165, 1.54) is 30.2 Å². The van der Waals surface area contributed by atoms with Crippen molar-refractivity contribution in [3.05, 3.63) is 72.4 Å². The molecule has 1 N–H and O–H groups in total. The van der Waals surface area contributed by atoms with Gasteiger partial charge in [0, 0.05) is 23.2 Å². The van der Waals surface area contributed by atoms with Crippen LogP contribution in [-0.4, -0.2) is 10.9 Å². The summed E-state index contributed by atoms with van der Waals surface area (Å²) < 4.78 is 0. The third-order valence-electron chi connectivity index (χ3n) is 7.13. The van der Waals surface area contributed by atoms with Gasteiger partial charge in [-0.2, -0.15) is 0 Å². The number of nitrogens with one attached hydrogen (secondary N) is 1. The average molecular weight is 370 g/mol. The van der Waals surface area contributed by atoms with E-state index in [-0.39, 0.29) is 17.2 Å². The van der Waals surface area contributed by atoms with Gasteiger partial charge in [-0.05, 0) is 79.7 Å². The largest absolute Gasteiger partial charge is 0.326 e. The summed E-state index contributed by atoms with van der Waals surface area (Å²) in [5, 5.41) is 4.43. The number of aromatic nitrogens is 1. The first-order valence-electron chi connectivity index (χ1n) is 10.4. The van der Waals surface area contributed by atoms with E-state index >= 15 is 0 Å². The van der Waals surface area contributed by atoms with Crippen molar-refractivity contribution in [2.45, 2.75) is 44.4 Å². The minimum Gasteiger partial charge on any atom is -0.326 e. The zero-order valence-electron chi connectivity index (χ0n) is 16.1. The van der Waals surface area contributed by atoms with Crippen LogP contribution in [0.25, 0.3) is 10.9 Å². The fourth-order valence-electron chi connectivity index (χ4n) is 5.43. The van der Waals surface area contributed by atoms with E-state index in [0.717, 1.165) is 30.5 Å². The Hall–Kier alpha value is -2.68. The minimum absolute atomic E-state index is 0.169. The lowest BCUT2D eigenvalue weighted by Crippen LogP contribution is -2.48. The molecule has 1 amide bonds. The molecular formula is C25H26N2O. The fraction of sp³-hybridized carbons (Fsp3) is 0.360. The molecule has 0 aliphatic heterocycles. The van der Waals surface area contributed by atoms with Crippen molar-refractivity contribution in [2.24, 2.45) is 11.3 Å². The Balaban J connectivity index is 1.29. The number of pyridine rings is 1. The maximum Gasteiger partial charge on any atom is 0.228 e. The second-order valence-corrected chi connectivity index (χ2v) is 8.50. The van der Waals surface area contributed by atoms with Crippen molar-refractivity contribution in [2.75, 3.05) is 5.32 Å². The monoisotopic (exact) mass is 370 g/mol. The standard InChI is InChI=1S/C25H26N2O/c28-24(27-19-6-2-1-3-7-19)22-12-16-25(22)14-10-18(11-15-25)20-13-17-26-23-9-5-4-8-21(20)23/h1-9,13,17-18,22H,10-12,14-16H2,(H,27,28)/t18?,22-,25?/m0/s1. The third-order valence-corrected chi connectivity index (χ3v) is 7.13. The van der Waals surface area contributed by atoms with Crippen molar-refractivity contribution in [3.8, 4) is 0 Å². The molecule has 28 heavy (non-hydrogen) atoms. The van der Waals surface area contributed by atoms with Gasteiger partial charge in [0.05, 0.1) is 5.52 Å². The molecule has 1 spiro atoms. The Kier molecular flexibility index (Phi) is 4.38. The Labute approximate surface area is 166 Å². The number of carbonyl (C=O) groups excluding carboxylic acids is 1. The smallest absolute Gasteiger partial charge is 0.228 e. The summed E-state index contributed by atoms with van der Waals surface area (Å²) in [6, 6.07) is 20.5. The summed E-state index contributed by atoms with van der Waals surface area (Å²) >= 11 is 0. The Morgan fingerprint density at radius 3 is 2.36 bits per heavy atom. The maximum absolute atomic E-state index is 12.9. The van der Waals surface area contributed by atoms with Crippen LogP contribution in [0.15, 0.2) is 66.9 Å². The van der Waals surface area contributed by atoms with Crippen molar-refractivity contribution >= 4 is 22.5 Å². The van der Waals surface area contributed by atoms with Crippen molar-refractivity contribution in [1.29, 1.82) is 0 Å². The first-order valence-corrected chi connectivity index (χ1v) is 10.4. The maximum atomic E-state index is 12.9. The minimum atomic E-state index is 0.169. The molecule has 3 heteroatoms. The SMILES string of the molecule is O=C(Nc1ccccc1)[C@@H]1CCC12CCC(c1ccnc3ccccc13)CC2. The number of carbonyl (C=O) groups is 1. The van der Waals surface area contributed by atoms with E-state index in [9.17, 15) is 4.79 Å². The zero-order valence-corrected chi connectivity index (χ0v) is 16.1. The Morgan fingerprint density at radius 1 is 0.893 bits per heavy atom. The second-order valence-electron chi connectivity index (χ2n) is 8.50. The number of nitrogens with zero attached hydrogens (tertiary/aromatic N) is 1. The molecule has 142 valence electrons. The summed E-state index contributed by atoms with van der Waals surface area (Å²) in [6.07, 6.45) is 8.82. The van der Waals surface area contributed by atoms with Gasteiger partial charge in [0.2, 0.25) is 5.91 Å². The van der Waals surface area contributed by atoms with Crippen LogP contribution < -0.4 is 5.32 Å². The first-order chi connectivity index (χ1) is 13.8. The molecule has 2 aliphatic carbocycles. The van der Waals surface area contributed by atoms with E-state index in [1.54, 1.807) is 0 Å². The lowest BCUT2D eigenvalue weighted by atomic mass is 9.52. The highest BCUT2D eigenvalue weighted by Gasteiger charge is 2.51. The van der Waals surface area contributed by atoms with Crippen LogP contribution in [0.2, 0.25) is 0 Å². The Morgan fingerprint density at radius 2 is 1.61 bits per heavy atom. The van der Waals surface area contributed by atoms with Crippen LogP contribution >= 0.6 is 0 Å². The normalized spacial score (nSPS) is 26.7. The number of rotatable bonds is 3. The number of anilines is 1. The molecule has 2 fully saturated rings. The molecule has 5 rings (SSSR count). The van der Waals surface area contributed by atoms with Gasteiger partial charge in [0.1, 0.15) is 0 Å². The van der Waals surface area contributed by atoms with Crippen LogP contribution in [-0.2, 0) is 4.79 Å². The lowest BCUT2D eigenvalue weighted by Gasteiger charge is -2.52. The van der Waals surface area contributed by atoms with Gasteiger partial charge < -0.3 is 5.32 Å². The number of para-hydroxylation sites is 2. The van der Waals surface area contributed by atoms with Crippen LogP contribution in [0.5, 0.6) is 0 Å². The molecule has 3 nitrogen and oxygen atoms in total. The first kappa shape index (κ1) is 17.4. The predicted octanol–water partition coefficient (Wildman–Crippen LogP) is 5.93. The molecule has 1 atom stereocenters. The van der Waals surface area contributed by atoms with E-state index in [4.69, 9.17) is 0 Å². The van der Waals surface area contributed by atoms with E-state index in [0.29, 0.717) is 5.92 Å². The summed E-state index contributed by atoms with van der Waals surface area (Å²) in [4.78, 5) is 17.4. The summed E-state index contributed by atoms with van der Waals surface area (Å²) in [5.74, 6) is 0.963. The highest BCUT2D eigenvalue weighted by Crippen LogP contribution is 2.58. The van der Waals surface area contributed by atoms with Crippen LogP contribution in [0.4, 0.5) is 5.69 Å². The van der Waals surface area contributed by atoms with Gasteiger partial charge >= 0.3 is 0 Å². The van der Waals surface area contributed by atoms with E-state index in [1.807, 2.05) is 36.5 Å². The van der Waals surface area contributed by atoms with Crippen LogP contribution in [0.3, 0.4) is 0 Å². The van der Waals surface area contributed by atoms with Gasteiger partial charge in [-0.15, -0.1) is 0 Å². The van der Waals surface area contributed by atoms with Crippen molar-refractivity contribution < 1.29 is 4.79 Å². The average Bonchev–Trinajstić information content (AvgIpc) is 2.73. The predicted molar refractivity (Wildman–Crippen MR) is 113 cm³/mol. The lowest BCUT2D eigenvalue weighted by molar-refractivity contribution is -0.133. The van der Waals surface area contributed by atoms with Gasteiger partial charge in [-0.1, -0.05) is 36.4 Å². The van der Waals surface area contributed by atoms with Crippen LogP contribution in [0, 0.1) is 11.3 Å². The van der Waals surface area contributed by atoms with Gasteiger partial charge in [0.15, 0.2) is 0 Å². The number of amides is 1. The molecular weight excluding hydrogens is 344 g/mol. The summed E-state index contributed by atoms with van der Waals surface area (Å²) in [5.41, 5.74) is 3.65. The third kappa shape index (κ3) is 2.99. The quantitative estimate of drug-likeness (QED) is 0.621. The molecule has 0 saturated heterocycles. The number of benzene rings is 2. The molecule has 0 unspecified atom stereocenters. The van der Waals surface area contributed by atoms with Crippen molar-refractivity contribution in [3.63, 3.8) is 0 Å². The highest BCUT2D eigenvalue weighted by molar-refractivity contribution is 5.93. The van der Waals surface area contributed by atoms with Crippen LogP contribution in [0.1, 0.15) is 50.0 Å².